The maximum Gasteiger partial charge on any atom is 0.264 e. The van der Waals surface area contributed by atoms with Crippen LogP contribution in [-0.2, 0) is 24.4 Å². The molecule has 11 heteroatoms. The summed E-state index contributed by atoms with van der Waals surface area (Å²) < 4.78 is 4.52. The van der Waals surface area contributed by atoms with Crippen LogP contribution in [0.15, 0.2) is 77.0 Å². The van der Waals surface area contributed by atoms with Crippen molar-refractivity contribution in [1.82, 2.24) is 34.2 Å². The minimum absolute atomic E-state index is 0.131. The molecule has 0 aliphatic heterocycles. The number of rotatable bonds is 8. The fourth-order valence-electron chi connectivity index (χ4n) is 3.98. The zero-order chi connectivity index (χ0) is 25.1. The second-order valence-electron chi connectivity index (χ2n) is 8.27. The van der Waals surface area contributed by atoms with Crippen molar-refractivity contribution in [2.45, 2.75) is 26.1 Å². The Labute approximate surface area is 209 Å². The van der Waals surface area contributed by atoms with Crippen LogP contribution in [0.5, 0.6) is 0 Å². The van der Waals surface area contributed by atoms with Gasteiger partial charge < -0.3 is 5.32 Å². The highest BCUT2D eigenvalue weighted by Crippen LogP contribution is 2.12. The fourth-order valence-corrected chi connectivity index (χ4v) is 4.20. The summed E-state index contributed by atoms with van der Waals surface area (Å²) in [5.41, 5.74) is 1.58. The summed E-state index contributed by atoms with van der Waals surface area (Å²) in [6, 6.07) is 14.4. The van der Waals surface area contributed by atoms with Crippen LogP contribution in [0, 0.1) is 0 Å². The maximum atomic E-state index is 12.9. The molecule has 0 aliphatic rings. The number of nitrogens with one attached hydrogen (secondary N) is 1. The standard InChI is InChI=1S/C25H22ClN7O3/c26-18-5-3-4-17(12-18)14-32-16-29-23-20(25(32)36)13-30-33(23)11-9-27-22(34)8-10-31-15-28-21-7-2-1-6-19(21)24(31)35/h1-7,12-13,15-16H,8-11,14H2,(H,27,34). The van der Waals surface area contributed by atoms with Crippen LogP contribution in [-0.4, -0.2) is 41.3 Å². The van der Waals surface area contributed by atoms with Gasteiger partial charge in [-0.05, 0) is 29.8 Å². The smallest absolute Gasteiger partial charge is 0.264 e. The maximum absolute atomic E-state index is 12.9. The molecule has 1 N–H and O–H groups in total. The average molecular weight is 504 g/mol. The first kappa shape index (κ1) is 23.4. The third kappa shape index (κ3) is 4.89. The van der Waals surface area contributed by atoms with Crippen molar-refractivity contribution < 1.29 is 4.79 Å². The number of hydrogen-bond donors (Lipinski definition) is 1. The SMILES string of the molecule is O=C(CCn1cnc2ccccc2c1=O)NCCn1ncc2c(=O)n(Cc3cccc(Cl)c3)cnc21. The number of aromatic nitrogens is 6. The first-order valence-electron chi connectivity index (χ1n) is 11.4. The molecule has 5 rings (SSSR count). The van der Waals surface area contributed by atoms with Crippen LogP contribution in [0.3, 0.4) is 0 Å². The monoisotopic (exact) mass is 503 g/mol. The topological polar surface area (TPSA) is 117 Å². The van der Waals surface area contributed by atoms with Crippen LogP contribution < -0.4 is 16.4 Å². The molecule has 3 heterocycles. The zero-order valence-electron chi connectivity index (χ0n) is 19.2. The number of hydrogen-bond acceptors (Lipinski definition) is 6. The van der Waals surface area contributed by atoms with E-state index in [4.69, 9.17) is 11.6 Å². The van der Waals surface area contributed by atoms with Gasteiger partial charge in [0.2, 0.25) is 5.91 Å². The van der Waals surface area contributed by atoms with Crippen LogP contribution >= 0.6 is 11.6 Å². The summed E-state index contributed by atoms with van der Waals surface area (Å²) in [7, 11) is 0. The van der Waals surface area contributed by atoms with Gasteiger partial charge in [-0.1, -0.05) is 35.9 Å². The quantitative estimate of drug-likeness (QED) is 0.347. The van der Waals surface area contributed by atoms with E-state index in [-0.39, 0.29) is 30.0 Å². The molecule has 2 aromatic carbocycles. The van der Waals surface area contributed by atoms with Crippen molar-refractivity contribution in [3.8, 4) is 0 Å². The molecule has 182 valence electrons. The lowest BCUT2D eigenvalue weighted by Crippen LogP contribution is -2.30. The van der Waals surface area contributed by atoms with Crippen molar-refractivity contribution in [2.75, 3.05) is 6.54 Å². The predicted octanol–water partition coefficient (Wildman–Crippen LogP) is 2.21. The minimum Gasteiger partial charge on any atom is -0.354 e. The Hall–Kier alpha value is -4.31. The Morgan fingerprint density at radius 3 is 2.58 bits per heavy atom. The third-order valence-corrected chi connectivity index (χ3v) is 6.06. The van der Waals surface area contributed by atoms with E-state index in [9.17, 15) is 14.4 Å². The molecule has 0 atom stereocenters. The van der Waals surface area contributed by atoms with Crippen LogP contribution in [0.4, 0.5) is 0 Å². The summed E-state index contributed by atoms with van der Waals surface area (Å²) in [4.78, 5) is 46.4. The second kappa shape index (κ2) is 10.1. The molecule has 36 heavy (non-hydrogen) atoms. The van der Waals surface area contributed by atoms with E-state index in [1.165, 1.54) is 28.0 Å². The predicted molar refractivity (Wildman–Crippen MR) is 136 cm³/mol. The molecule has 0 unspecified atom stereocenters. The van der Waals surface area contributed by atoms with E-state index < -0.39 is 0 Å². The van der Waals surface area contributed by atoms with Gasteiger partial charge >= 0.3 is 0 Å². The molecule has 0 radical (unpaired) electrons. The van der Waals surface area contributed by atoms with E-state index >= 15 is 0 Å². The van der Waals surface area contributed by atoms with E-state index in [1.807, 2.05) is 18.2 Å². The van der Waals surface area contributed by atoms with E-state index in [0.29, 0.717) is 46.6 Å². The van der Waals surface area contributed by atoms with Crippen molar-refractivity contribution >= 4 is 39.4 Å². The molecule has 10 nitrogen and oxygen atoms in total. The molecule has 0 bridgehead atoms. The highest BCUT2D eigenvalue weighted by molar-refractivity contribution is 6.30. The number of para-hydroxylation sites is 1. The second-order valence-corrected chi connectivity index (χ2v) is 8.71. The molecule has 1 amide bonds. The van der Waals surface area contributed by atoms with Gasteiger partial charge in [-0.3, -0.25) is 23.5 Å². The Balaban J connectivity index is 1.18. The Bertz CT molecular complexity index is 1690. The summed E-state index contributed by atoms with van der Waals surface area (Å²) >= 11 is 6.03. The first-order valence-corrected chi connectivity index (χ1v) is 11.7. The van der Waals surface area contributed by atoms with Gasteiger partial charge in [0, 0.05) is 24.5 Å². The minimum atomic E-state index is -0.205. The normalized spacial score (nSPS) is 11.2. The number of aryl methyl sites for hydroxylation is 1. The number of nitrogens with zero attached hydrogens (tertiary/aromatic N) is 6. The van der Waals surface area contributed by atoms with Crippen LogP contribution in [0.2, 0.25) is 5.02 Å². The molecule has 0 fully saturated rings. The van der Waals surface area contributed by atoms with E-state index in [1.54, 1.807) is 35.0 Å². The summed E-state index contributed by atoms with van der Waals surface area (Å²) in [6.07, 6.45) is 4.56. The lowest BCUT2D eigenvalue weighted by molar-refractivity contribution is -0.121. The number of carbonyl (C=O) groups excluding carboxylic acids is 1. The Morgan fingerprint density at radius 1 is 0.917 bits per heavy atom. The van der Waals surface area contributed by atoms with Gasteiger partial charge in [-0.15, -0.1) is 0 Å². The molecular weight excluding hydrogens is 482 g/mol. The first-order chi connectivity index (χ1) is 17.5. The van der Waals surface area contributed by atoms with E-state index in [0.717, 1.165) is 5.56 Å². The lowest BCUT2D eigenvalue weighted by Gasteiger charge is -2.09. The van der Waals surface area contributed by atoms with Crippen molar-refractivity contribution in [1.29, 1.82) is 0 Å². The van der Waals surface area contributed by atoms with Gasteiger partial charge in [0.1, 0.15) is 11.7 Å². The van der Waals surface area contributed by atoms with Gasteiger partial charge in [0.05, 0.1) is 36.5 Å². The highest BCUT2D eigenvalue weighted by Gasteiger charge is 2.11. The Kier molecular flexibility index (Phi) is 6.59. The molecule has 5 aromatic rings. The van der Waals surface area contributed by atoms with Crippen molar-refractivity contribution in [3.05, 3.63) is 98.7 Å². The molecule has 0 aliphatic carbocycles. The van der Waals surface area contributed by atoms with Gasteiger partial charge in [0.25, 0.3) is 11.1 Å². The van der Waals surface area contributed by atoms with Crippen LogP contribution in [0.25, 0.3) is 21.9 Å². The average Bonchev–Trinajstić information content (AvgIpc) is 3.29. The zero-order valence-corrected chi connectivity index (χ0v) is 19.9. The summed E-state index contributed by atoms with van der Waals surface area (Å²) in [5, 5.41) is 8.60. The number of carbonyl (C=O) groups is 1. The van der Waals surface area contributed by atoms with Gasteiger partial charge in [-0.2, -0.15) is 5.10 Å². The van der Waals surface area contributed by atoms with Gasteiger partial charge in [-0.25, -0.2) is 14.6 Å². The fraction of sp³-hybridized carbons (Fsp3) is 0.200. The molecule has 0 saturated heterocycles. The van der Waals surface area contributed by atoms with Crippen molar-refractivity contribution in [2.24, 2.45) is 0 Å². The highest BCUT2D eigenvalue weighted by atomic mass is 35.5. The summed E-state index contributed by atoms with van der Waals surface area (Å²) in [6.45, 7) is 1.21. The number of halogens is 1. The Morgan fingerprint density at radius 2 is 1.72 bits per heavy atom. The molecule has 0 saturated carbocycles. The third-order valence-electron chi connectivity index (χ3n) is 5.82. The molecular formula is C25H22ClN7O3. The molecule has 3 aromatic heterocycles. The van der Waals surface area contributed by atoms with Crippen molar-refractivity contribution in [3.63, 3.8) is 0 Å². The van der Waals surface area contributed by atoms with Crippen LogP contribution in [0.1, 0.15) is 12.0 Å². The molecule has 0 spiro atoms. The largest absolute Gasteiger partial charge is 0.354 e. The number of fused-ring (bicyclic) bond motifs is 2. The number of benzene rings is 2. The van der Waals surface area contributed by atoms with Gasteiger partial charge in [0.15, 0.2) is 5.65 Å². The summed E-state index contributed by atoms with van der Waals surface area (Å²) in [5.74, 6) is -0.205. The number of amides is 1. The van der Waals surface area contributed by atoms with E-state index in [2.05, 4.69) is 20.4 Å². The lowest BCUT2D eigenvalue weighted by atomic mass is 10.2.